The van der Waals surface area contributed by atoms with Gasteiger partial charge in [0.2, 0.25) is 0 Å². The van der Waals surface area contributed by atoms with E-state index < -0.39 is 0 Å². The van der Waals surface area contributed by atoms with E-state index in [4.69, 9.17) is 0 Å². The first-order valence-electron chi connectivity index (χ1n) is 9.58. The van der Waals surface area contributed by atoms with Crippen LogP contribution in [0.4, 0.5) is 0 Å². The van der Waals surface area contributed by atoms with Crippen molar-refractivity contribution in [3.63, 3.8) is 0 Å². The molecule has 1 aromatic heterocycles. The molecule has 2 heterocycles. The summed E-state index contributed by atoms with van der Waals surface area (Å²) in [6.45, 7) is 10.3. The maximum Gasteiger partial charge on any atom is 0.193 e. The summed E-state index contributed by atoms with van der Waals surface area (Å²) in [5, 5.41) is 8.13. The summed E-state index contributed by atoms with van der Waals surface area (Å²) in [7, 11) is 1.88. The molecule has 1 aliphatic heterocycles. The minimum atomic E-state index is 0.484. The van der Waals surface area contributed by atoms with Gasteiger partial charge in [-0.2, -0.15) is 5.10 Å². The zero-order valence-electron chi connectivity index (χ0n) is 16.4. The molecule has 5 nitrogen and oxygen atoms in total. The fraction of sp³-hybridized carbons (Fsp3) is 0.524. The number of benzene rings is 1. The van der Waals surface area contributed by atoms with E-state index in [1.54, 1.807) is 0 Å². The van der Waals surface area contributed by atoms with Crippen molar-refractivity contribution >= 4 is 5.96 Å². The van der Waals surface area contributed by atoms with Gasteiger partial charge in [-0.3, -0.25) is 9.67 Å². The molecular weight excluding hydrogens is 322 g/mol. The molecule has 0 bridgehead atoms. The minimum Gasteiger partial charge on any atom is -0.356 e. The van der Waals surface area contributed by atoms with Gasteiger partial charge in [0.1, 0.15) is 0 Å². The quantitative estimate of drug-likeness (QED) is 0.663. The molecule has 0 amide bonds. The second kappa shape index (κ2) is 8.39. The van der Waals surface area contributed by atoms with Crippen molar-refractivity contribution in [3.05, 3.63) is 53.3 Å². The summed E-state index contributed by atoms with van der Waals surface area (Å²) in [6, 6.07) is 13.0. The Bertz CT molecular complexity index is 734. The van der Waals surface area contributed by atoms with Gasteiger partial charge in [0, 0.05) is 44.8 Å². The van der Waals surface area contributed by atoms with Gasteiger partial charge >= 0.3 is 0 Å². The maximum atomic E-state index is 4.57. The second-order valence-corrected chi connectivity index (χ2v) is 7.48. The fourth-order valence-corrected chi connectivity index (χ4v) is 3.77. The van der Waals surface area contributed by atoms with E-state index in [1.807, 2.05) is 14.0 Å². The van der Waals surface area contributed by atoms with Gasteiger partial charge < -0.3 is 10.2 Å². The van der Waals surface area contributed by atoms with Crippen LogP contribution >= 0.6 is 0 Å². The standard InChI is InChI=1S/C21H31N5/c1-16(14-26-18(3)12-17(2)24-26)13-23-21(22-4)25-11-10-20(15-25)19-8-6-5-7-9-19/h5-9,12,16,20H,10-11,13-15H2,1-4H3,(H,22,23). The third kappa shape index (κ3) is 4.45. The Labute approximate surface area is 157 Å². The molecule has 140 valence electrons. The fourth-order valence-electron chi connectivity index (χ4n) is 3.77. The highest BCUT2D eigenvalue weighted by Crippen LogP contribution is 2.26. The van der Waals surface area contributed by atoms with Crippen LogP contribution in [0.3, 0.4) is 0 Å². The zero-order chi connectivity index (χ0) is 18.5. The molecule has 1 aromatic carbocycles. The first kappa shape index (κ1) is 18.5. The van der Waals surface area contributed by atoms with E-state index in [9.17, 15) is 0 Å². The molecule has 0 aliphatic carbocycles. The lowest BCUT2D eigenvalue weighted by Crippen LogP contribution is -2.42. The van der Waals surface area contributed by atoms with Crippen LogP contribution in [0.5, 0.6) is 0 Å². The Morgan fingerprint density at radius 3 is 2.73 bits per heavy atom. The van der Waals surface area contributed by atoms with Crippen molar-refractivity contribution in [2.75, 3.05) is 26.7 Å². The SMILES string of the molecule is CN=C(NCC(C)Cn1nc(C)cc1C)N1CCC(c2ccccc2)C1. The topological polar surface area (TPSA) is 45.5 Å². The number of hydrogen-bond donors (Lipinski definition) is 1. The van der Waals surface area contributed by atoms with E-state index in [2.05, 4.69) is 75.2 Å². The summed E-state index contributed by atoms with van der Waals surface area (Å²) < 4.78 is 2.10. The Hall–Kier alpha value is -2.30. The highest BCUT2D eigenvalue weighted by molar-refractivity contribution is 5.80. The largest absolute Gasteiger partial charge is 0.356 e. The van der Waals surface area contributed by atoms with Gasteiger partial charge in [0.25, 0.3) is 0 Å². The lowest BCUT2D eigenvalue weighted by atomic mass is 9.99. The van der Waals surface area contributed by atoms with Gasteiger partial charge in [0.05, 0.1) is 5.69 Å². The normalized spacial score (nSPS) is 19.0. The van der Waals surface area contributed by atoms with Gasteiger partial charge in [-0.05, 0) is 37.8 Å². The van der Waals surface area contributed by atoms with Crippen LogP contribution in [-0.4, -0.2) is 47.3 Å². The smallest absolute Gasteiger partial charge is 0.193 e. The Morgan fingerprint density at radius 2 is 2.08 bits per heavy atom. The molecule has 0 saturated carbocycles. The van der Waals surface area contributed by atoms with Crippen LogP contribution in [0.2, 0.25) is 0 Å². The third-order valence-corrected chi connectivity index (χ3v) is 5.17. The average molecular weight is 354 g/mol. The average Bonchev–Trinajstić information content (AvgIpc) is 3.23. The van der Waals surface area contributed by atoms with Crippen LogP contribution < -0.4 is 5.32 Å². The number of likely N-dealkylation sites (tertiary alicyclic amines) is 1. The first-order valence-corrected chi connectivity index (χ1v) is 9.58. The Kier molecular flexibility index (Phi) is 5.96. The van der Waals surface area contributed by atoms with Crippen molar-refractivity contribution in [2.24, 2.45) is 10.9 Å². The van der Waals surface area contributed by atoms with Gasteiger partial charge in [-0.15, -0.1) is 0 Å². The molecule has 0 spiro atoms. The highest BCUT2D eigenvalue weighted by Gasteiger charge is 2.26. The molecule has 1 N–H and O–H groups in total. The van der Waals surface area contributed by atoms with Gasteiger partial charge in [0.15, 0.2) is 5.96 Å². The number of rotatable bonds is 5. The van der Waals surface area contributed by atoms with Crippen LogP contribution in [-0.2, 0) is 6.54 Å². The Morgan fingerprint density at radius 1 is 1.31 bits per heavy atom. The molecule has 5 heteroatoms. The summed E-state index contributed by atoms with van der Waals surface area (Å²) in [4.78, 5) is 6.89. The molecule has 2 aromatic rings. The molecule has 1 aliphatic rings. The number of nitrogens with zero attached hydrogens (tertiary/aromatic N) is 4. The maximum absolute atomic E-state index is 4.57. The summed E-state index contributed by atoms with van der Waals surface area (Å²) in [5.74, 6) is 2.10. The lowest BCUT2D eigenvalue weighted by Gasteiger charge is -2.23. The number of aliphatic imine (C=N–C) groups is 1. The number of guanidine groups is 1. The van der Waals surface area contributed by atoms with Gasteiger partial charge in [-0.1, -0.05) is 37.3 Å². The monoisotopic (exact) mass is 353 g/mol. The highest BCUT2D eigenvalue weighted by atomic mass is 15.3. The van der Waals surface area contributed by atoms with Crippen molar-refractivity contribution in [1.29, 1.82) is 0 Å². The molecule has 3 rings (SSSR count). The van der Waals surface area contributed by atoms with E-state index in [0.29, 0.717) is 11.8 Å². The minimum absolute atomic E-state index is 0.484. The van der Waals surface area contributed by atoms with Crippen molar-refractivity contribution in [2.45, 2.75) is 39.7 Å². The summed E-state index contributed by atoms with van der Waals surface area (Å²) in [6.07, 6.45) is 1.19. The third-order valence-electron chi connectivity index (χ3n) is 5.17. The predicted molar refractivity (Wildman–Crippen MR) is 108 cm³/mol. The van der Waals surface area contributed by atoms with Crippen molar-refractivity contribution in [3.8, 4) is 0 Å². The van der Waals surface area contributed by atoms with E-state index in [1.165, 1.54) is 17.7 Å². The van der Waals surface area contributed by atoms with Crippen LogP contribution in [0, 0.1) is 19.8 Å². The molecule has 2 unspecified atom stereocenters. The zero-order valence-corrected chi connectivity index (χ0v) is 16.4. The van der Waals surface area contributed by atoms with E-state index in [-0.39, 0.29) is 0 Å². The van der Waals surface area contributed by atoms with E-state index >= 15 is 0 Å². The van der Waals surface area contributed by atoms with Crippen molar-refractivity contribution in [1.82, 2.24) is 20.0 Å². The molecule has 1 saturated heterocycles. The lowest BCUT2D eigenvalue weighted by molar-refractivity contribution is 0.420. The Balaban J connectivity index is 1.51. The number of aromatic nitrogens is 2. The van der Waals surface area contributed by atoms with Crippen molar-refractivity contribution < 1.29 is 0 Å². The number of nitrogens with one attached hydrogen (secondary N) is 1. The molecular formula is C21H31N5. The summed E-state index contributed by atoms with van der Waals surface area (Å²) >= 11 is 0. The van der Waals surface area contributed by atoms with Crippen LogP contribution in [0.15, 0.2) is 41.4 Å². The molecule has 0 radical (unpaired) electrons. The van der Waals surface area contributed by atoms with E-state index in [0.717, 1.165) is 37.8 Å². The second-order valence-electron chi connectivity index (χ2n) is 7.48. The molecule has 2 atom stereocenters. The molecule has 26 heavy (non-hydrogen) atoms. The summed E-state index contributed by atoms with van der Waals surface area (Å²) in [5.41, 5.74) is 3.75. The van der Waals surface area contributed by atoms with Crippen LogP contribution in [0.1, 0.15) is 36.2 Å². The van der Waals surface area contributed by atoms with Crippen LogP contribution in [0.25, 0.3) is 0 Å². The number of hydrogen-bond acceptors (Lipinski definition) is 2. The van der Waals surface area contributed by atoms with Gasteiger partial charge in [-0.25, -0.2) is 0 Å². The predicted octanol–water partition coefficient (Wildman–Crippen LogP) is 3.20. The molecule has 1 fully saturated rings. The first-order chi connectivity index (χ1) is 12.6. The number of aryl methyl sites for hydroxylation is 2.